The van der Waals surface area contributed by atoms with Crippen LogP contribution in [-0.4, -0.2) is 10.9 Å². The summed E-state index contributed by atoms with van der Waals surface area (Å²) in [5, 5.41) is 2.23. The van der Waals surface area contributed by atoms with E-state index in [2.05, 4.69) is 9.98 Å². The lowest BCUT2D eigenvalue weighted by Crippen LogP contribution is -2.22. The van der Waals surface area contributed by atoms with Crippen molar-refractivity contribution < 1.29 is 0 Å². The number of pyridine rings is 1. The van der Waals surface area contributed by atoms with Crippen LogP contribution < -0.4 is 11.5 Å². The van der Waals surface area contributed by atoms with Crippen LogP contribution >= 0.6 is 0 Å². The maximum absolute atomic E-state index is 5.28. The highest BCUT2D eigenvalue weighted by molar-refractivity contribution is 5.84. The first-order chi connectivity index (χ1) is 7.27. The number of aromatic nitrogens is 1. The van der Waals surface area contributed by atoms with Crippen LogP contribution in [0.2, 0.25) is 0 Å². The number of rotatable bonds is 2. The van der Waals surface area contributed by atoms with E-state index in [0.29, 0.717) is 6.54 Å². The molecule has 4 heteroatoms. The van der Waals surface area contributed by atoms with Gasteiger partial charge in [0.05, 0.1) is 12.2 Å². The van der Waals surface area contributed by atoms with Gasteiger partial charge in [-0.1, -0.05) is 24.3 Å². The van der Waals surface area contributed by atoms with E-state index in [1.807, 2.05) is 30.3 Å². The highest BCUT2D eigenvalue weighted by atomic mass is 15.0. The van der Waals surface area contributed by atoms with Crippen molar-refractivity contribution in [1.82, 2.24) is 4.98 Å². The largest absolute Gasteiger partial charge is 0.370 e. The number of guanidine groups is 1. The number of aliphatic imine (C=N–C) groups is 1. The van der Waals surface area contributed by atoms with E-state index >= 15 is 0 Å². The van der Waals surface area contributed by atoms with Crippen LogP contribution in [0.3, 0.4) is 0 Å². The number of hydrogen-bond donors (Lipinski definition) is 2. The zero-order valence-corrected chi connectivity index (χ0v) is 8.22. The van der Waals surface area contributed by atoms with Gasteiger partial charge in [-0.2, -0.15) is 0 Å². The minimum absolute atomic E-state index is 0.0877. The molecule has 1 aromatic heterocycles. The SMILES string of the molecule is NC(N)=NCc1nccc2ccccc12. The summed E-state index contributed by atoms with van der Waals surface area (Å²) in [4.78, 5) is 8.22. The van der Waals surface area contributed by atoms with Gasteiger partial charge in [-0.25, -0.2) is 4.99 Å². The van der Waals surface area contributed by atoms with Gasteiger partial charge < -0.3 is 11.5 Å². The predicted molar refractivity (Wildman–Crippen MR) is 61.3 cm³/mol. The van der Waals surface area contributed by atoms with E-state index in [9.17, 15) is 0 Å². The van der Waals surface area contributed by atoms with Gasteiger partial charge in [-0.3, -0.25) is 4.98 Å². The van der Waals surface area contributed by atoms with Crippen molar-refractivity contribution in [2.75, 3.05) is 0 Å². The molecule has 2 aromatic rings. The van der Waals surface area contributed by atoms with E-state index < -0.39 is 0 Å². The van der Waals surface area contributed by atoms with Gasteiger partial charge in [0.2, 0.25) is 0 Å². The van der Waals surface area contributed by atoms with Gasteiger partial charge in [0.1, 0.15) is 0 Å². The Labute approximate surface area is 87.6 Å². The van der Waals surface area contributed by atoms with Gasteiger partial charge >= 0.3 is 0 Å². The molecule has 0 saturated carbocycles. The Morgan fingerprint density at radius 2 is 2.00 bits per heavy atom. The fourth-order valence-electron chi connectivity index (χ4n) is 1.47. The molecular formula is C11H12N4. The van der Waals surface area contributed by atoms with Crippen molar-refractivity contribution in [3.05, 3.63) is 42.2 Å². The van der Waals surface area contributed by atoms with Gasteiger partial charge in [0.25, 0.3) is 0 Å². The lowest BCUT2D eigenvalue weighted by Gasteiger charge is -2.02. The summed E-state index contributed by atoms with van der Waals surface area (Å²) in [5.74, 6) is 0.0877. The molecule has 0 unspecified atom stereocenters. The second-order valence-corrected chi connectivity index (χ2v) is 3.22. The van der Waals surface area contributed by atoms with Crippen molar-refractivity contribution >= 4 is 16.7 Å². The van der Waals surface area contributed by atoms with E-state index in [4.69, 9.17) is 11.5 Å². The molecule has 0 radical (unpaired) electrons. The minimum atomic E-state index is 0.0877. The number of fused-ring (bicyclic) bond motifs is 1. The highest BCUT2D eigenvalue weighted by Gasteiger charge is 2.00. The van der Waals surface area contributed by atoms with Crippen molar-refractivity contribution in [1.29, 1.82) is 0 Å². The summed E-state index contributed by atoms with van der Waals surface area (Å²) in [6.07, 6.45) is 1.76. The van der Waals surface area contributed by atoms with Crippen LogP contribution in [-0.2, 0) is 6.54 Å². The van der Waals surface area contributed by atoms with Crippen molar-refractivity contribution in [3.63, 3.8) is 0 Å². The summed E-state index contributed by atoms with van der Waals surface area (Å²) in [5.41, 5.74) is 11.5. The molecule has 0 aliphatic rings. The van der Waals surface area contributed by atoms with Gasteiger partial charge in [-0.05, 0) is 11.5 Å². The molecule has 0 saturated heterocycles. The Morgan fingerprint density at radius 3 is 2.80 bits per heavy atom. The first-order valence-electron chi connectivity index (χ1n) is 4.65. The first-order valence-corrected chi connectivity index (χ1v) is 4.65. The number of nitrogens with two attached hydrogens (primary N) is 2. The topological polar surface area (TPSA) is 77.3 Å². The highest BCUT2D eigenvalue weighted by Crippen LogP contribution is 2.16. The Hall–Kier alpha value is -2.10. The van der Waals surface area contributed by atoms with Crippen LogP contribution in [0.4, 0.5) is 0 Å². The smallest absolute Gasteiger partial charge is 0.186 e. The average molecular weight is 200 g/mol. The summed E-state index contributed by atoms with van der Waals surface area (Å²) >= 11 is 0. The third-order valence-corrected chi connectivity index (χ3v) is 2.17. The van der Waals surface area contributed by atoms with Crippen molar-refractivity contribution in [2.24, 2.45) is 16.5 Å². The van der Waals surface area contributed by atoms with Gasteiger partial charge in [-0.15, -0.1) is 0 Å². The van der Waals surface area contributed by atoms with Crippen LogP contribution in [0.25, 0.3) is 10.8 Å². The molecule has 4 N–H and O–H groups in total. The van der Waals surface area contributed by atoms with Crippen LogP contribution in [0.1, 0.15) is 5.69 Å². The standard InChI is InChI=1S/C11H12N4/c12-11(13)15-7-10-9-4-2-1-3-8(9)5-6-14-10/h1-6H,7H2,(H4,12,13,15). The number of hydrogen-bond acceptors (Lipinski definition) is 2. The Kier molecular flexibility index (Phi) is 2.49. The molecule has 0 aliphatic carbocycles. The molecular weight excluding hydrogens is 188 g/mol. The van der Waals surface area contributed by atoms with Crippen LogP contribution in [0.5, 0.6) is 0 Å². The first kappa shape index (κ1) is 9.45. The Bertz CT molecular complexity index is 495. The number of benzene rings is 1. The summed E-state index contributed by atoms with van der Waals surface area (Å²) in [6, 6.07) is 9.99. The molecule has 1 aromatic carbocycles. The van der Waals surface area contributed by atoms with E-state index in [-0.39, 0.29) is 5.96 Å². The zero-order valence-electron chi connectivity index (χ0n) is 8.22. The summed E-state index contributed by atoms with van der Waals surface area (Å²) in [6.45, 7) is 0.420. The summed E-state index contributed by atoms with van der Waals surface area (Å²) in [7, 11) is 0. The zero-order chi connectivity index (χ0) is 10.7. The van der Waals surface area contributed by atoms with Crippen molar-refractivity contribution in [2.45, 2.75) is 6.54 Å². The molecule has 2 rings (SSSR count). The second kappa shape index (κ2) is 3.96. The van der Waals surface area contributed by atoms with Crippen LogP contribution in [0, 0.1) is 0 Å². The third-order valence-electron chi connectivity index (χ3n) is 2.17. The molecule has 76 valence electrons. The normalized spacial score (nSPS) is 10.1. The molecule has 1 heterocycles. The predicted octanol–water partition coefficient (Wildman–Crippen LogP) is 1.01. The maximum atomic E-state index is 5.28. The Morgan fingerprint density at radius 1 is 1.20 bits per heavy atom. The molecule has 0 aliphatic heterocycles. The fraction of sp³-hybridized carbons (Fsp3) is 0.0909. The lowest BCUT2D eigenvalue weighted by molar-refractivity contribution is 0.999. The molecule has 0 bridgehead atoms. The Balaban J connectivity index is 2.47. The number of nitrogens with zero attached hydrogens (tertiary/aromatic N) is 2. The average Bonchev–Trinajstić information content (AvgIpc) is 2.26. The molecule has 0 atom stereocenters. The van der Waals surface area contributed by atoms with E-state index in [0.717, 1.165) is 16.5 Å². The van der Waals surface area contributed by atoms with Gasteiger partial charge in [0.15, 0.2) is 5.96 Å². The lowest BCUT2D eigenvalue weighted by atomic mass is 10.1. The molecule has 0 fully saturated rings. The fourth-order valence-corrected chi connectivity index (χ4v) is 1.47. The second-order valence-electron chi connectivity index (χ2n) is 3.22. The monoisotopic (exact) mass is 200 g/mol. The molecule has 0 spiro atoms. The molecule has 0 amide bonds. The van der Waals surface area contributed by atoms with Crippen LogP contribution in [0.15, 0.2) is 41.5 Å². The third kappa shape index (κ3) is 2.04. The molecule has 15 heavy (non-hydrogen) atoms. The minimum Gasteiger partial charge on any atom is -0.370 e. The van der Waals surface area contributed by atoms with E-state index in [1.165, 1.54) is 0 Å². The quantitative estimate of drug-likeness (QED) is 0.561. The van der Waals surface area contributed by atoms with Gasteiger partial charge in [0, 0.05) is 11.6 Å². The van der Waals surface area contributed by atoms with E-state index in [1.54, 1.807) is 6.20 Å². The summed E-state index contributed by atoms with van der Waals surface area (Å²) < 4.78 is 0. The van der Waals surface area contributed by atoms with Crippen molar-refractivity contribution in [3.8, 4) is 0 Å². The maximum Gasteiger partial charge on any atom is 0.186 e. The molecule has 4 nitrogen and oxygen atoms in total.